The van der Waals surface area contributed by atoms with Crippen molar-refractivity contribution in [2.75, 3.05) is 19.7 Å². The number of hydrogen-bond acceptors (Lipinski definition) is 2. The van der Waals surface area contributed by atoms with Crippen molar-refractivity contribution >= 4 is 6.03 Å². The zero-order valence-electron chi connectivity index (χ0n) is 12.5. The zero-order valence-corrected chi connectivity index (χ0v) is 12.5. The molecule has 22 heavy (non-hydrogen) atoms. The maximum Gasteiger partial charge on any atom is 0.317 e. The van der Waals surface area contributed by atoms with E-state index in [1.165, 1.54) is 11.1 Å². The van der Waals surface area contributed by atoms with Crippen molar-refractivity contribution < 1.29 is 9.53 Å². The number of para-hydroxylation sites is 1. The predicted molar refractivity (Wildman–Crippen MR) is 85.9 cm³/mol. The van der Waals surface area contributed by atoms with Gasteiger partial charge in [0.1, 0.15) is 12.4 Å². The van der Waals surface area contributed by atoms with Gasteiger partial charge in [-0.15, -0.1) is 0 Å². The third-order valence-electron chi connectivity index (χ3n) is 3.81. The summed E-state index contributed by atoms with van der Waals surface area (Å²) in [5.41, 5.74) is 2.59. The Morgan fingerprint density at radius 3 is 2.59 bits per heavy atom. The molecule has 0 saturated heterocycles. The maximum absolute atomic E-state index is 12.2. The fourth-order valence-corrected chi connectivity index (χ4v) is 2.62. The summed E-state index contributed by atoms with van der Waals surface area (Å²) in [6.45, 7) is 2.43. The summed E-state index contributed by atoms with van der Waals surface area (Å²) in [5.74, 6) is 0.823. The molecule has 0 aromatic heterocycles. The van der Waals surface area contributed by atoms with Crippen molar-refractivity contribution in [1.82, 2.24) is 10.2 Å². The largest absolute Gasteiger partial charge is 0.492 e. The highest BCUT2D eigenvalue weighted by atomic mass is 16.5. The molecule has 0 radical (unpaired) electrons. The minimum Gasteiger partial charge on any atom is -0.492 e. The second kappa shape index (κ2) is 6.98. The molecule has 0 fully saturated rings. The van der Waals surface area contributed by atoms with E-state index in [9.17, 15) is 4.79 Å². The van der Waals surface area contributed by atoms with Crippen molar-refractivity contribution in [1.29, 1.82) is 0 Å². The van der Waals surface area contributed by atoms with Gasteiger partial charge in [-0.2, -0.15) is 0 Å². The van der Waals surface area contributed by atoms with Crippen molar-refractivity contribution in [3.05, 3.63) is 65.7 Å². The third-order valence-corrected chi connectivity index (χ3v) is 3.81. The monoisotopic (exact) mass is 296 g/mol. The minimum absolute atomic E-state index is 0.0221. The molecule has 0 spiro atoms. The van der Waals surface area contributed by atoms with Crippen LogP contribution in [0, 0.1) is 0 Å². The summed E-state index contributed by atoms with van der Waals surface area (Å²) in [4.78, 5) is 14.0. The Balaban J connectivity index is 1.43. The van der Waals surface area contributed by atoms with Crippen LogP contribution in [0.4, 0.5) is 4.79 Å². The number of carbonyl (C=O) groups excluding carboxylic acids is 1. The van der Waals surface area contributed by atoms with Gasteiger partial charge in [0.2, 0.25) is 0 Å². The first-order valence-electron chi connectivity index (χ1n) is 7.60. The van der Waals surface area contributed by atoms with Gasteiger partial charge in [0.25, 0.3) is 0 Å². The lowest BCUT2D eigenvalue weighted by atomic mass is 10.0. The molecule has 0 atom stereocenters. The average Bonchev–Trinajstić information content (AvgIpc) is 2.59. The van der Waals surface area contributed by atoms with E-state index in [0.29, 0.717) is 19.7 Å². The molecule has 1 N–H and O–H groups in total. The molecule has 114 valence electrons. The highest BCUT2D eigenvalue weighted by molar-refractivity contribution is 5.74. The van der Waals surface area contributed by atoms with Crippen LogP contribution in [-0.2, 0) is 13.0 Å². The van der Waals surface area contributed by atoms with Gasteiger partial charge in [-0.3, -0.25) is 0 Å². The van der Waals surface area contributed by atoms with Crippen molar-refractivity contribution in [3.8, 4) is 5.75 Å². The van der Waals surface area contributed by atoms with Gasteiger partial charge in [0.05, 0.1) is 6.54 Å². The standard InChI is InChI=1S/C18H20N2O2/c21-18(19-11-13-22-17-8-2-1-3-9-17)20-12-10-15-6-4-5-7-16(15)14-20/h1-9H,10-14H2,(H,19,21). The zero-order chi connectivity index (χ0) is 15.2. The summed E-state index contributed by atoms with van der Waals surface area (Å²) >= 11 is 0. The molecule has 4 heteroatoms. The van der Waals surface area contributed by atoms with Crippen LogP contribution in [0.15, 0.2) is 54.6 Å². The third kappa shape index (κ3) is 3.58. The SMILES string of the molecule is O=C(NCCOc1ccccc1)N1CCc2ccccc2C1. The molecule has 3 rings (SSSR count). The average molecular weight is 296 g/mol. The predicted octanol–water partition coefficient (Wildman–Crippen LogP) is 2.83. The second-order valence-electron chi connectivity index (χ2n) is 5.33. The fourth-order valence-electron chi connectivity index (χ4n) is 2.62. The quantitative estimate of drug-likeness (QED) is 0.882. The van der Waals surface area contributed by atoms with E-state index in [2.05, 4.69) is 23.5 Å². The Bertz CT molecular complexity index is 628. The number of fused-ring (bicyclic) bond motifs is 1. The Morgan fingerprint density at radius 2 is 1.77 bits per heavy atom. The van der Waals surface area contributed by atoms with Crippen LogP contribution in [0.1, 0.15) is 11.1 Å². The van der Waals surface area contributed by atoms with Crippen LogP contribution in [0.5, 0.6) is 5.75 Å². The van der Waals surface area contributed by atoms with Crippen molar-refractivity contribution in [2.24, 2.45) is 0 Å². The summed E-state index contributed by atoms with van der Waals surface area (Å²) in [5, 5.41) is 2.92. The second-order valence-corrected chi connectivity index (χ2v) is 5.33. The van der Waals surface area contributed by atoms with Crippen molar-refractivity contribution in [2.45, 2.75) is 13.0 Å². The first-order chi connectivity index (χ1) is 10.8. The van der Waals surface area contributed by atoms with Crippen LogP contribution in [0.25, 0.3) is 0 Å². The molecule has 1 heterocycles. The van der Waals surface area contributed by atoms with E-state index >= 15 is 0 Å². The molecule has 0 saturated carbocycles. The van der Waals surface area contributed by atoms with Crippen LogP contribution in [-0.4, -0.2) is 30.6 Å². The number of urea groups is 1. The molecule has 0 unspecified atom stereocenters. The van der Waals surface area contributed by atoms with E-state index < -0.39 is 0 Å². The fraction of sp³-hybridized carbons (Fsp3) is 0.278. The summed E-state index contributed by atoms with van der Waals surface area (Å²) in [6.07, 6.45) is 0.921. The first kappa shape index (κ1) is 14.4. The van der Waals surface area contributed by atoms with E-state index in [4.69, 9.17) is 4.74 Å². The number of carbonyl (C=O) groups is 1. The topological polar surface area (TPSA) is 41.6 Å². The highest BCUT2D eigenvalue weighted by Gasteiger charge is 2.19. The number of nitrogens with zero attached hydrogens (tertiary/aromatic N) is 1. The molecule has 2 amide bonds. The van der Waals surface area contributed by atoms with Gasteiger partial charge in [-0.05, 0) is 29.7 Å². The molecule has 0 bridgehead atoms. The van der Waals surface area contributed by atoms with E-state index in [1.54, 1.807) is 0 Å². The molecule has 2 aromatic carbocycles. The number of hydrogen-bond donors (Lipinski definition) is 1. The summed E-state index contributed by atoms with van der Waals surface area (Å²) in [6, 6.07) is 17.9. The highest BCUT2D eigenvalue weighted by Crippen LogP contribution is 2.18. The van der Waals surface area contributed by atoms with Gasteiger partial charge >= 0.3 is 6.03 Å². The summed E-state index contributed by atoms with van der Waals surface area (Å²) in [7, 11) is 0. The lowest BCUT2D eigenvalue weighted by molar-refractivity contribution is 0.189. The lowest BCUT2D eigenvalue weighted by Crippen LogP contribution is -2.43. The first-order valence-corrected chi connectivity index (χ1v) is 7.60. The van der Waals surface area contributed by atoms with E-state index in [1.807, 2.05) is 41.3 Å². The van der Waals surface area contributed by atoms with Gasteiger partial charge in [-0.25, -0.2) is 4.79 Å². The maximum atomic E-state index is 12.2. The van der Waals surface area contributed by atoms with Crippen LogP contribution >= 0.6 is 0 Å². The number of nitrogens with one attached hydrogen (secondary N) is 1. The molecular formula is C18H20N2O2. The minimum atomic E-state index is -0.0221. The van der Waals surface area contributed by atoms with Crippen LogP contribution < -0.4 is 10.1 Å². The normalized spacial score (nSPS) is 13.4. The van der Waals surface area contributed by atoms with E-state index in [0.717, 1.165) is 18.7 Å². The Labute approximate surface area is 130 Å². The van der Waals surface area contributed by atoms with Crippen LogP contribution in [0.3, 0.4) is 0 Å². The molecule has 4 nitrogen and oxygen atoms in total. The number of benzene rings is 2. The van der Waals surface area contributed by atoms with Gasteiger partial charge in [0, 0.05) is 13.1 Å². The number of amides is 2. The lowest BCUT2D eigenvalue weighted by Gasteiger charge is -2.28. The van der Waals surface area contributed by atoms with E-state index in [-0.39, 0.29) is 6.03 Å². The Hall–Kier alpha value is -2.49. The molecule has 1 aliphatic rings. The van der Waals surface area contributed by atoms with Gasteiger partial charge in [-0.1, -0.05) is 42.5 Å². The van der Waals surface area contributed by atoms with Gasteiger partial charge in [0.15, 0.2) is 0 Å². The molecular weight excluding hydrogens is 276 g/mol. The Morgan fingerprint density at radius 1 is 1.05 bits per heavy atom. The summed E-state index contributed by atoms with van der Waals surface area (Å²) < 4.78 is 5.57. The molecule has 1 aliphatic heterocycles. The molecule has 2 aromatic rings. The van der Waals surface area contributed by atoms with Crippen molar-refractivity contribution in [3.63, 3.8) is 0 Å². The molecule has 0 aliphatic carbocycles. The smallest absolute Gasteiger partial charge is 0.317 e. The number of rotatable bonds is 4. The van der Waals surface area contributed by atoms with Crippen LogP contribution in [0.2, 0.25) is 0 Å². The Kier molecular flexibility index (Phi) is 4.59. The van der Waals surface area contributed by atoms with Gasteiger partial charge < -0.3 is 15.0 Å². The number of ether oxygens (including phenoxy) is 1.